The highest BCUT2D eigenvalue weighted by Crippen LogP contribution is 1.93. The van der Waals surface area contributed by atoms with E-state index in [0.717, 1.165) is 26.1 Å². The van der Waals surface area contributed by atoms with Gasteiger partial charge in [-0.3, -0.25) is 19.4 Å². The summed E-state index contributed by atoms with van der Waals surface area (Å²) in [5.74, 6) is -1.62. The Balaban J connectivity index is 2.40. The van der Waals surface area contributed by atoms with Crippen LogP contribution in [0.25, 0.3) is 0 Å². The van der Waals surface area contributed by atoms with Crippen molar-refractivity contribution in [2.45, 2.75) is 6.42 Å². The number of carbonyl (C=O) groups is 2. The minimum absolute atomic E-state index is 0.0501. The number of aliphatic carboxylic acids is 2. The normalized spacial score (nSPS) is 21.0. The predicted octanol–water partition coefficient (Wildman–Crippen LogP) is -1.66. The summed E-state index contributed by atoms with van der Waals surface area (Å²) in [6, 6.07) is 0. The first-order valence-corrected chi connectivity index (χ1v) is 7.37. The molecule has 0 radical (unpaired) electrons. The molecule has 0 amide bonds. The summed E-state index contributed by atoms with van der Waals surface area (Å²) in [4.78, 5) is 25.4. The van der Waals surface area contributed by atoms with Gasteiger partial charge in [0.2, 0.25) is 0 Å². The van der Waals surface area contributed by atoms with Crippen molar-refractivity contribution in [1.29, 1.82) is 0 Å². The number of nitrogens with one attached hydrogen (secondary N) is 2. The van der Waals surface area contributed by atoms with Crippen molar-refractivity contribution in [3.63, 3.8) is 0 Å². The Morgan fingerprint density at radius 3 is 1.67 bits per heavy atom. The zero-order chi connectivity index (χ0) is 15.5. The van der Waals surface area contributed by atoms with Crippen molar-refractivity contribution in [2.24, 2.45) is 0 Å². The van der Waals surface area contributed by atoms with Crippen LogP contribution in [0.15, 0.2) is 0 Å². The summed E-state index contributed by atoms with van der Waals surface area (Å²) < 4.78 is 0. The quantitative estimate of drug-likeness (QED) is 0.489. The fraction of sp³-hybridized carbons (Fsp3) is 0.846. The zero-order valence-corrected chi connectivity index (χ0v) is 12.4. The van der Waals surface area contributed by atoms with Crippen LogP contribution in [0.2, 0.25) is 0 Å². The minimum atomic E-state index is -0.813. The number of carboxylic acids is 2. The first kappa shape index (κ1) is 17.8. The van der Waals surface area contributed by atoms with Gasteiger partial charge in [-0.2, -0.15) is 0 Å². The van der Waals surface area contributed by atoms with Crippen LogP contribution in [0.4, 0.5) is 0 Å². The van der Waals surface area contributed by atoms with Gasteiger partial charge >= 0.3 is 11.9 Å². The third-order valence-electron chi connectivity index (χ3n) is 3.36. The maximum atomic E-state index is 10.8. The minimum Gasteiger partial charge on any atom is -0.480 e. The van der Waals surface area contributed by atoms with Crippen LogP contribution >= 0.6 is 0 Å². The van der Waals surface area contributed by atoms with Gasteiger partial charge in [0.15, 0.2) is 0 Å². The number of rotatable bonds is 4. The maximum Gasteiger partial charge on any atom is 0.317 e. The van der Waals surface area contributed by atoms with Crippen molar-refractivity contribution in [3.8, 4) is 0 Å². The molecule has 4 N–H and O–H groups in total. The summed E-state index contributed by atoms with van der Waals surface area (Å²) in [5.41, 5.74) is 0. The number of nitrogens with zero attached hydrogens (tertiary/aromatic N) is 2. The van der Waals surface area contributed by atoms with Crippen LogP contribution < -0.4 is 10.6 Å². The van der Waals surface area contributed by atoms with Crippen LogP contribution in [-0.4, -0.2) is 97.4 Å². The van der Waals surface area contributed by atoms with Crippen LogP contribution in [-0.2, 0) is 9.59 Å². The molecule has 8 heteroatoms. The smallest absolute Gasteiger partial charge is 0.317 e. The van der Waals surface area contributed by atoms with Crippen molar-refractivity contribution in [3.05, 3.63) is 0 Å². The molecule has 0 aromatic rings. The molecule has 0 aromatic heterocycles. The van der Waals surface area contributed by atoms with Gasteiger partial charge in [-0.25, -0.2) is 0 Å². The summed E-state index contributed by atoms with van der Waals surface area (Å²) in [6.45, 7) is 5.89. The molecule has 0 saturated carbocycles. The Kier molecular flexibility index (Phi) is 8.91. The first-order valence-electron chi connectivity index (χ1n) is 7.37. The fourth-order valence-electron chi connectivity index (χ4n) is 2.31. The molecule has 0 bridgehead atoms. The molecule has 1 rings (SSSR count). The van der Waals surface area contributed by atoms with Gasteiger partial charge in [0.1, 0.15) is 0 Å². The largest absolute Gasteiger partial charge is 0.480 e. The molecule has 1 aliphatic heterocycles. The number of hydrogen-bond donors (Lipinski definition) is 4. The highest BCUT2D eigenvalue weighted by atomic mass is 16.4. The Bertz CT molecular complexity index is 297. The van der Waals surface area contributed by atoms with Gasteiger partial charge in [0.25, 0.3) is 0 Å². The standard InChI is InChI=1S/C13H26N4O4/c18-12(19)10-16-6-1-2-14-3-8-17(11-13(20)21)9-5-15-4-7-16/h14-15H,1-11H2,(H,18,19)(H,20,21). The number of carboxylic acid groups (broad SMARTS) is 2. The second-order valence-corrected chi connectivity index (χ2v) is 5.19. The van der Waals surface area contributed by atoms with Gasteiger partial charge in [-0.15, -0.1) is 0 Å². The molecular formula is C13H26N4O4. The average molecular weight is 302 g/mol. The van der Waals surface area contributed by atoms with E-state index in [1.807, 2.05) is 9.80 Å². The lowest BCUT2D eigenvalue weighted by Crippen LogP contribution is -2.40. The van der Waals surface area contributed by atoms with Gasteiger partial charge in [0, 0.05) is 39.3 Å². The molecular weight excluding hydrogens is 276 g/mol. The molecule has 0 atom stereocenters. The SMILES string of the molecule is O=C(O)CN1CCCNCCN(CC(=O)O)CCNCC1. The highest BCUT2D eigenvalue weighted by Gasteiger charge is 2.11. The van der Waals surface area contributed by atoms with Crippen LogP contribution in [0, 0.1) is 0 Å². The maximum absolute atomic E-state index is 10.8. The molecule has 21 heavy (non-hydrogen) atoms. The molecule has 1 heterocycles. The third kappa shape index (κ3) is 9.35. The van der Waals surface area contributed by atoms with E-state index in [4.69, 9.17) is 10.2 Å². The van der Waals surface area contributed by atoms with Gasteiger partial charge in [-0.05, 0) is 19.5 Å². The van der Waals surface area contributed by atoms with E-state index in [1.165, 1.54) is 0 Å². The Morgan fingerprint density at radius 2 is 1.19 bits per heavy atom. The molecule has 0 unspecified atom stereocenters. The van der Waals surface area contributed by atoms with Gasteiger partial charge in [-0.1, -0.05) is 0 Å². The zero-order valence-electron chi connectivity index (χ0n) is 12.4. The third-order valence-corrected chi connectivity index (χ3v) is 3.36. The van der Waals surface area contributed by atoms with E-state index < -0.39 is 11.9 Å². The van der Waals surface area contributed by atoms with E-state index >= 15 is 0 Å². The predicted molar refractivity (Wildman–Crippen MR) is 78.5 cm³/mol. The van der Waals surface area contributed by atoms with Crippen LogP contribution in [0.5, 0.6) is 0 Å². The summed E-state index contributed by atoms with van der Waals surface area (Å²) in [6.07, 6.45) is 0.881. The second-order valence-electron chi connectivity index (χ2n) is 5.19. The second kappa shape index (κ2) is 10.5. The van der Waals surface area contributed by atoms with E-state index in [2.05, 4.69) is 10.6 Å². The van der Waals surface area contributed by atoms with Crippen molar-refractivity contribution >= 4 is 11.9 Å². The molecule has 0 spiro atoms. The summed E-state index contributed by atoms with van der Waals surface area (Å²) >= 11 is 0. The van der Waals surface area contributed by atoms with Crippen molar-refractivity contribution < 1.29 is 19.8 Å². The van der Waals surface area contributed by atoms with Crippen molar-refractivity contribution in [2.75, 3.05) is 65.4 Å². The Labute approximate surface area is 125 Å². The van der Waals surface area contributed by atoms with E-state index in [1.54, 1.807) is 0 Å². The summed E-state index contributed by atoms with van der Waals surface area (Å²) in [5, 5.41) is 24.3. The average Bonchev–Trinajstić information content (AvgIpc) is 2.41. The monoisotopic (exact) mass is 302 g/mol. The van der Waals surface area contributed by atoms with E-state index in [-0.39, 0.29) is 13.1 Å². The lowest BCUT2D eigenvalue weighted by atomic mass is 10.3. The molecule has 8 nitrogen and oxygen atoms in total. The number of hydrogen-bond acceptors (Lipinski definition) is 6. The molecule has 0 aromatic carbocycles. The Hall–Kier alpha value is -1.22. The fourth-order valence-corrected chi connectivity index (χ4v) is 2.31. The molecule has 1 saturated heterocycles. The highest BCUT2D eigenvalue weighted by molar-refractivity contribution is 5.69. The lowest BCUT2D eigenvalue weighted by Gasteiger charge is -2.21. The molecule has 0 aliphatic carbocycles. The van der Waals surface area contributed by atoms with Gasteiger partial charge in [0.05, 0.1) is 13.1 Å². The first-order chi connectivity index (χ1) is 10.1. The lowest BCUT2D eigenvalue weighted by molar-refractivity contribution is -0.139. The van der Waals surface area contributed by atoms with Gasteiger partial charge < -0.3 is 20.8 Å². The molecule has 1 fully saturated rings. The van der Waals surface area contributed by atoms with Crippen LogP contribution in [0.3, 0.4) is 0 Å². The topological polar surface area (TPSA) is 105 Å². The van der Waals surface area contributed by atoms with E-state index in [9.17, 15) is 9.59 Å². The van der Waals surface area contributed by atoms with E-state index in [0.29, 0.717) is 32.7 Å². The Morgan fingerprint density at radius 1 is 0.762 bits per heavy atom. The van der Waals surface area contributed by atoms with Crippen molar-refractivity contribution in [1.82, 2.24) is 20.4 Å². The van der Waals surface area contributed by atoms with Crippen LogP contribution in [0.1, 0.15) is 6.42 Å². The molecule has 122 valence electrons. The molecule has 1 aliphatic rings. The summed E-state index contributed by atoms with van der Waals surface area (Å²) in [7, 11) is 0.